The molecule has 0 amide bonds. The van der Waals surface area contributed by atoms with E-state index in [2.05, 4.69) is 13.8 Å². The van der Waals surface area contributed by atoms with Gasteiger partial charge in [-0.2, -0.15) is 0 Å². The fourth-order valence-electron chi connectivity index (χ4n) is 0.841. The zero-order valence-corrected chi connectivity index (χ0v) is 6.78. The maximum atomic E-state index is 7.42. The van der Waals surface area contributed by atoms with E-state index < -0.39 is 0 Å². The van der Waals surface area contributed by atoms with Crippen molar-refractivity contribution in [3.05, 3.63) is 0 Å². The third-order valence-electron chi connectivity index (χ3n) is 1.25. The molecule has 58 valence electrons. The molecule has 0 unspecified atom stereocenters. The molecule has 0 aromatic heterocycles. The Morgan fingerprint density at radius 3 is 2.50 bits per heavy atom. The van der Waals surface area contributed by atoms with Crippen molar-refractivity contribution in [3.8, 4) is 0 Å². The van der Waals surface area contributed by atoms with Crippen LogP contribution < -0.4 is 0 Å². The molecule has 2 N–H and O–H groups in total. The fraction of sp³-hybridized carbons (Fsp3) is 0.750. The topological polar surface area (TPSA) is 47.7 Å². The van der Waals surface area contributed by atoms with Gasteiger partial charge in [0, 0.05) is 5.71 Å². The molecule has 0 atom stereocenters. The van der Waals surface area contributed by atoms with Crippen molar-refractivity contribution < 1.29 is 0 Å². The third kappa shape index (κ3) is 5.48. The van der Waals surface area contributed by atoms with Gasteiger partial charge in [0.25, 0.3) is 0 Å². The molecule has 0 heterocycles. The monoisotopic (exact) mass is 140 g/mol. The van der Waals surface area contributed by atoms with Crippen LogP contribution in [0.2, 0.25) is 0 Å². The van der Waals surface area contributed by atoms with Gasteiger partial charge in [-0.25, -0.2) is 0 Å². The predicted octanol–water partition coefficient (Wildman–Crippen LogP) is 2.48. The molecule has 0 aromatic carbocycles. The Hall–Kier alpha value is -0.660. The predicted molar refractivity (Wildman–Crippen MR) is 45.2 cm³/mol. The first kappa shape index (κ1) is 9.34. The average molecular weight is 140 g/mol. The molecule has 0 aliphatic rings. The smallest absolute Gasteiger partial charge is 0.00953 e. The Kier molecular flexibility index (Phi) is 4.81. The van der Waals surface area contributed by atoms with Gasteiger partial charge < -0.3 is 10.8 Å². The summed E-state index contributed by atoms with van der Waals surface area (Å²) in [6.07, 6.45) is 3.75. The van der Waals surface area contributed by atoms with Crippen molar-refractivity contribution in [2.24, 2.45) is 5.92 Å². The molecule has 0 bridgehead atoms. The van der Waals surface area contributed by atoms with Gasteiger partial charge in [-0.15, -0.1) is 0 Å². The molecular weight excluding hydrogens is 124 g/mol. The van der Waals surface area contributed by atoms with E-state index >= 15 is 0 Å². The second-order valence-corrected chi connectivity index (χ2v) is 2.94. The Labute approximate surface area is 62.7 Å². The van der Waals surface area contributed by atoms with Crippen LogP contribution in [0.25, 0.3) is 0 Å². The van der Waals surface area contributed by atoms with Gasteiger partial charge in [-0.05, 0) is 31.4 Å². The highest BCUT2D eigenvalue weighted by Gasteiger charge is 1.98. The van der Waals surface area contributed by atoms with E-state index in [4.69, 9.17) is 10.8 Å². The molecule has 0 rings (SSSR count). The maximum absolute atomic E-state index is 7.42. The van der Waals surface area contributed by atoms with Crippen LogP contribution in [-0.4, -0.2) is 11.9 Å². The van der Waals surface area contributed by atoms with Crippen LogP contribution in [0.4, 0.5) is 0 Å². The van der Waals surface area contributed by atoms with E-state index in [0.717, 1.165) is 25.0 Å². The summed E-state index contributed by atoms with van der Waals surface area (Å²) in [4.78, 5) is 0. The van der Waals surface area contributed by atoms with Crippen molar-refractivity contribution in [2.45, 2.75) is 33.1 Å². The van der Waals surface area contributed by atoms with Crippen LogP contribution >= 0.6 is 0 Å². The molecule has 0 spiro atoms. The zero-order chi connectivity index (χ0) is 7.98. The lowest BCUT2D eigenvalue weighted by Crippen LogP contribution is -2.01. The largest absolute Gasteiger partial charge is 0.313 e. The van der Waals surface area contributed by atoms with E-state index in [0.29, 0.717) is 5.92 Å². The van der Waals surface area contributed by atoms with Crippen LogP contribution in [0.3, 0.4) is 0 Å². The van der Waals surface area contributed by atoms with Gasteiger partial charge in [0.05, 0.1) is 0 Å². The van der Waals surface area contributed by atoms with Crippen molar-refractivity contribution in [3.63, 3.8) is 0 Å². The van der Waals surface area contributed by atoms with Crippen molar-refractivity contribution in [1.29, 1.82) is 10.8 Å². The fourth-order valence-corrected chi connectivity index (χ4v) is 0.841. The van der Waals surface area contributed by atoms with E-state index in [-0.39, 0.29) is 0 Å². The first-order valence-corrected chi connectivity index (χ1v) is 3.72. The Morgan fingerprint density at radius 2 is 2.10 bits per heavy atom. The van der Waals surface area contributed by atoms with Crippen molar-refractivity contribution in [1.82, 2.24) is 0 Å². The lowest BCUT2D eigenvalue weighted by atomic mass is 10.0. The summed E-state index contributed by atoms with van der Waals surface area (Å²) in [5, 5.41) is 14.2. The Morgan fingerprint density at radius 1 is 1.50 bits per heavy atom. The summed E-state index contributed by atoms with van der Waals surface area (Å²) in [5.41, 5.74) is 0.776. The maximum Gasteiger partial charge on any atom is 0.00953 e. The number of rotatable bonds is 5. The van der Waals surface area contributed by atoms with Crippen molar-refractivity contribution in [2.75, 3.05) is 0 Å². The summed E-state index contributed by atoms with van der Waals surface area (Å²) in [6.45, 7) is 4.22. The lowest BCUT2D eigenvalue weighted by Gasteiger charge is -2.03. The number of nitrogens with one attached hydrogen (secondary N) is 2. The average Bonchev–Trinajstić information content (AvgIpc) is 1.82. The summed E-state index contributed by atoms with van der Waals surface area (Å²) >= 11 is 0. The van der Waals surface area contributed by atoms with Crippen LogP contribution in [0, 0.1) is 16.7 Å². The van der Waals surface area contributed by atoms with E-state index in [1.165, 1.54) is 6.21 Å². The van der Waals surface area contributed by atoms with Crippen LogP contribution in [0.5, 0.6) is 0 Å². The second kappa shape index (κ2) is 5.15. The van der Waals surface area contributed by atoms with Gasteiger partial charge in [0.1, 0.15) is 0 Å². The molecule has 0 aliphatic heterocycles. The van der Waals surface area contributed by atoms with Gasteiger partial charge in [0.2, 0.25) is 0 Å². The summed E-state index contributed by atoms with van der Waals surface area (Å²) in [7, 11) is 0. The van der Waals surface area contributed by atoms with Crippen LogP contribution in [-0.2, 0) is 0 Å². The van der Waals surface area contributed by atoms with E-state index in [1.54, 1.807) is 0 Å². The zero-order valence-electron chi connectivity index (χ0n) is 6.78. The SMILES string of the molecule is CC(C)CC(=N)CCC=N. The summed E-state index contributed by atoms with van der Waals surface area (Å²) in [5.74, 6) is 0.582. The molecule has 0 aromatic rings. The first-order chi connectivity index (χ1) is 4.66. The molecule has 0 saturated heterocycles. The number of hydrogen-bond donors (Lipinski definition) is 2. The molecule has 2 heteroatoms. The second-order valence-electron chi connectivity index (χ2n) is 2.94. The van der Waals surface area contributed by atoms with Crippen LogP contribution in [0.15, 0.2) is 0 Å². The Balaban J connectivity index is 3.34. The van der Waals surface area contributed by atoms with Crippen molar-refractivity contribution >= 4 is 11.9 Å². The standard InChI is InChI=1S/C8H16N2/c1-7(2)6-8(10)4-3-5-9/h5,7,9-10H,3-4,6H2,1-2H3. The molecule has 0 aliphatic carbocycles. The summed E-state index contributed by atoms with van der Waals surface area (Å²) < 4.78 is 0. The highest BCUT2D eigenvalue weighted by molar-refractivity contribution is 5.83. The van der Waals surface area contributed by atoms with E-state index in [9.17, 15) is 0 Å². The molecule has 0 fully saturated rings. The van der Waals surface area contributed by atoms with Gasteiger partial charge in [-0.3, -0.25) is 0 Å². The molecular formula is C8H16N2. The van der Waals surface area contributed by atoms with Gasteiger partial charge >= 0.3 is 0 Å². The third-order valence-corrected chi connectivity index (χ3v) is 1.25. The molecule has 10 heavy (non-hydrogen) atoms. The molecule has 0 saturated carbocycles. The molecule has 2 nitrogen and oxygen atoms in total. The minimum absolute atomic E-state index is 0.582. The Bertz CT molecular complexity index is 116. The minimum Gasteiger partial charge on any atom is -0.313 e. The van der Waals surface area contributed by atoms with Gasteiger partial charge in [-0.1, -0.05) is 13.8 Å². The van der Waals surface area contributed by atoms with E-state index in [1.807, 2.05) is 0 Å². The first-order valence-electron chi connectivity index (χ1n) is 3.72. The quantitative estimate of drug-likeness (QED) is 0.551. The normalized spacial score (nSPS) is 9.90. The summed E-state index contributed by atoms with van der Waals surface area (Å²) in [6, 6.07) is 0. The highest BCUT2D eigenvalue weighted by Crippen LogP contribution is 2.03. The number of hydrogen-bond acceptors (Lipinski definition) is 2. The van der Waals surface area contributed by atoms with Gasteiger partial charge in [0.15, 0.2) is 0 Å². The van der Waals surface area contributed by atoms with Crippen LogP contribution in [0.1, 0.15) is 33.1 Å². The lowest BCUT2D eigenvalue weighted by molar-refractivity contribution is 0.674. The highest BCUT2D eigenvalue weighted by atomic mass is 14.4. The molecule has 0 radical (unpaired) electrons. The minimum atomic E-state index is 0.582.